The third-order valence-corrected chi connectivity index (χ3v) is 6.03. The minimum atomic E-state index is -3.21. The number of pyridine rings is 1. The van der Waals surface area contributed by atoms with Gasteiger partial charge in [-0.05, 0) is 49.2 Å². The Morgan fingerprint density at radius 3 is 2.42 bits per heavy atom. The molecule has 138 valence electrons. The van der Waals surface area contributed by atoms with Gasteiger partial charge in [0, 0.05) is 23.9 Å². The van der Waals surface area contributed by atoms with Gasteiger partial charge in [0.2, 0.25) is 0 Å². The number of carbonyl (C=O) groups is 1. The second-order valence-corrected chi connectivity index (χ2v) is 9.06. The van der Waals surface area contributed by atoms with E-state index >= 15 is 0 Å². The first kappa shape index (κ1) is 20.1. The number of carbonyl (C=O) groups excluding carboxylic acids is 1. The van der Waals surface area contributed by atoms with Gasteiger partial charge in [0.15, 0.2) is 9.84 Å². The Morgan fingerprint density at radius 2 is 1.81 bits per heavy atom. The van der Waals surface area contributed by atoms with Crippen LogP contribution in [0.2, 0.25) is 0 Å². The van der Waals surface area contributed by atoms with Crippen LogP contribution in [0.4, 0.5) is 0 Å². The molecular weight excluding hydrogens is 368 g/mol. The topological polar surface area (TPSA) is 76.1 Å². The number of amides is 1. The molecule has 0 bridgehead atoms. The first-order chi connectivity index (χ1) is 11.7. The number of thiophene rings is 1. The molecule has 0 radical (unpaired) electrons. The normalized spacial score (nSPS) is 11.2. The summed E-state index contributed by atoms with van der Waals surface area (Å²) in [5.74, 6) is -0.160. The Morgan fingerprint density at radius 1 is 1.15 bits per heavy atom. The molecule has 0 aliphatic rings. The quantitative estimate of drug-likeness (QED) is 0.733. The predicted octanol–water partition coefficient (Wildman–Crippen LogP) is 3.88. The molecule has 0 saturated heterocycles. The number of hydrogen-bond donors (Lipinski definition) is 1. The summed E-state index contributed by atoms with van der Waals surface area (Å²) in [4.78, 5) is 18.6. The predicted molar refractivity (Wildman–Crippen MR) is 107 cm³/mol. The van der Waals surface area contributed by atoms with Crippen molar-refractivity contribution in [1.82, 2.24) is 10.3 Å². The van der Waals surface area contributed by atoms with Crippen LogP contribution in [-0.4, -0.2) is 25.6 Å². The highest BCUT2D eigenvalue weighted by molar-refractivity contribution is 7.90. The fourth-order valence-electron chi connectivity index (χ4n) is 2.57. The van der Waals surface area contributed by atoms with E-state index in [1.165, 1.54) is 17.6 Å². The summed E-state index contributed by atoms with van der Waals surface area (Å²) >= 11 is 1.37. The highest BCUT2D eigenvalue weighted by Crippen LogP contribution is 2.27. The van der Waals surface area contributed by atoms with E-state index in [1.807, 2.05) is 26.0 Å². The average Bonchev–Trinajstić information content (AvgIpc) is 2.96. The molecule has 1 amide bonds. The lowest BCUT2D eigenvalue weighted by molar-refractivity contribution is 0.0955. The number of fused-ring (bicyclic) bond motifs is 1. The van der Waals surface area contributed by atoms with Crippen LogP contribution < -0.4 is 5.32 Å². The van der Waals surface area contributed by atoms with Crippen LogP contribution >= 0.6 is 11.3 Å². The lowest BCUT2D eigenvalue weighted by atomic mass is 10.2. The first-order valence-electron chi connectivity index (χ1n) is 7.69. The molecule has 1 N–H and O–H groups in total. The van der Waals surface area contributed by atoms with Crippen LogP contribution in [0.3, 0.4) is 0 Å². The van der Waals surface area contributed by atoms with Crippen molar-refractivity contribution in [2.45, 2.75) is 32.7 Å². The number of nitrogens with one attached hydrogen (secondary N) is 1. The summed E-state index contributed by atoms with van der Waals surface area (Å²) in [6.45, 7) is 4.28. The molecule has 0 aliphatic carbocycles. The van der Waals surface area contributed by atoms with Crippen molar-refractivity contribution in [2.24, 2.45) is 0 Å². The van der Waals surface area contributed by atoms with Crippen LogP contribution in [-0.2, 0) is 16.4 Å². The second kappa shape index (κ2) is 7.55. The average molecular weight is 391 g/mol. The van der Waals surface area contributed by atoms with Crippen molar-refractivity contribution >= 4 is 37.3 Å². The number of aromatic nitrogens is 1. The molecule has 0 spiro atoms. The van der Waals surface area contributed by atoms with E-state index in [9.17, 15) is 13.2 Å². The SMILES string of the molecule is C.Cc1cc(C)c2cc(C(=O)NCc3ccc(S(C)(=O)=O)cc3)sc2n1. The summed E-state index contributed by atoms with van der Waals surface area (Å²) in [6, 6.07) is 10.4. The molecule has 7 heteroatoms. The van der Waals surface area contributed by atoms with E-state index in [4.69, 9.17) is 0 Å². The molecule has 26 heavy (non-hydrogen) atoms. The number of nitrogens with zero attached hydrogens (tertiary/aromatic N) is 1. The van der Waals surface area contributed by atoms with Gasteiger partial charge in [0.1, 0.15) is 4.83 Å². The maximum Gasteiger partial charge on any atom is 0.261 e. The van der Waals surface area contributed by atoms with Gasteiger partial charge < -0.3 is 5.32 Å². The van der Waals surface area contributed by atoms with Gasteiger partial charge in [-0.3, -0.25) is 4.79 Å². The molecule has 0 unspecified atom stereocenters. The standard InChI is InChI=1S/C18H18N2O3S2.CH4/c1-11-8-12(2)20-18-15(11)9-16(24-18)17(21)19-10-13-4-6-14(7-5-13)25(3,22)23;/h4-9H,10H2,1-3H3,(H,19,21);1H4. The zero-order chi connectivity index (χ0) is 18.2. The van der Waals surface area contributed by atoms with Gasteiger partial charge in [0.25, 0.3) is 5.91 Å². The van der Waals surface area contributed by atoms with Crippen LogP contribution in [0.15, 0.2) is 41.3 Å². The van der Waals surface area contributed by atoms with E-state index in [0.29, 0.717) is 11.4 Å². The highest BCUT2D eigenvalue weighted by Gasteiger charge is 2.13. The van der Waals surface area contributed by atoms with Gasteiger partial charge in [-0.25, -0.2) is 13.4 Å². The van der Waals surface area contributed by atoms with E-state index < -0.39 is 9.84 Å². The van der Waals surface area contributed by atoms with Gasteiger partial charge in [-0.15, -0.1) is 11.3 Å². The van der Waals surface area contributed by atoms with Gasteiger partial charge >= 0.3 is 0 Å². The number of rotatable bonds is 4. The highest BCUT2D eigenvalue weighted by atomic mass is 32.2. The van der Waals surface area contributed by atoms with Crippen LogP contribution in [0.1, 0.15) is 33.9 Å². The summed E-state index contributed by atoms with van der Waals surface area (Å²) in [5, 5.41) is 3.86. The monoisotopic (exact) mass is 390 g/mol. The minimum absolute atomic E-state index is 0. The first-order valence-corrected chi connectivity index (χ1v) is 10.4. The zero-order valence-electron chi connectivity index (χ0n) is 14.2. The van der Waals surface area contributed by atoms with Crippen molar-refractivity contribution < 1.29 is 13.2 Å². The Balaban J connectivity index is 0.00000243. The summed E-state index contributed by atoms with van der Waals surface area (Å²) < 4.78 is 22.9. The molecule has 0 aliphatic heterocycles. The zero-order valence-corrected chi connectivity index (χ0v) is 15.8. The van der Waals surface area contributed by atoms with Crippen molar-refractivity contribution in [1.29, 1.82) is 0 Å². The van der Waals surface area contributed by atoms with Crippen LogP contribution in [0, 0.1) is 13.8 Å². The summed E-state index contributed by atoms with van der Waals surface area (Å²) in [7, 11) is -3.21. The molecule has 0 fully saturated rings. The number of aryl methyl sites for hydroxylation is 2. The van der Waals surface area contributed by atoms with E-state index in [-0.39, 0.29) is 18.2 Å². The maximum atomic E-state index is 12.4. The fourth-order valence-corrected chi connectivity index (χ4v) is 4.27. The van der Waals surface area contributed by atoms with Gasteiger partial charge in [-0.2, -0.15) is 0 Å². The lowest BCUT2D eigenvalue weighted by Crippen LogP contribution is -2.21. The molecule has 1 aromatic carbocycles. The minimum Gasteiger partial charge on any atom is -0.347 e. The molecular formula is C19H22N2O3S2. The van der Waals surface area contributed by atoms with E-state index in [1.54, 1.807) is 24.3 Å². The largest absolute Gasteiger partial charge is 0.347 e. The molecule has 2 aromatic heterocycles. The Labute approximate surface area is 158 Å². The van der Waals surface area contributed by atoms with Crippen molar-refractivity contribution in [3.8, 4) is 0 Å². The van der Waals surface area contributed by atoms with E-state index in [2.05, 4.69) is 10.3 Å². The molecule has 3 aromatic rings. The number of benzene rings is 1. The molecule has 3 rings (SSSR count). The van der Waals surface area contributed by atoms with Crippen LogP contribution in [0.25, 0.3) is 10.2 Å². The number of sulfone groups is 1. The third-order valence-electron chi connectivity index (χ3n) is 3.87. The van der Waals surface area contributed by atoms with Crippen LogP contribution in [0.5, 0.6) is 0 Å². The van der Waals surface area contributed by atoms with E-state index in [0.717, 1.165) is 27.0 Å². The number of hydrogen-bond acceptors (Lipinski definition) is 5. The Hall–Kier alpha value is -2.25. The van der Waals surface area contributed by atoms with Crippen molar-refractivity contribution in [3.05, 3.63) is 58.1 Å². The molecule has 5 nitrogen and oxygen atoms in total. The van der Waals surface area contributed by atoms with Crippen molar-refractivity contribution in [3.63, 3.8) is 0 Å². The Bertz CT molecular complexity index is 1050. The van der Waals surface area contributed by atoms with Gasteiger partial charge in [-0.1, -0.05) is 19.6 Å². The fraction of sp³-hybridized carbons (Fsp3) is 0.263. The van der Waals surface area contributed by atoms with Crippen molar-refractivity contribution in [2.75, 3.05) is 6.26 Å². The lowest BCUT2D eigenvalue weighted by Gasteiger charge is -2.05. The maximum absolute atomic E-state index is 12.4. The molecule has 0 saturated carbocycles. The third kappa shape index (κ3) is 4.28. The Kier molecular flexibility index (Phi) is 5.83. The summed E-state index contributed by atoms with van der Waals surface area (Å²) in [5.41, 5.74) is 2.88. The molecule has 2 heterocycles. The summed E-state index contributed by atoms with van der Waals surface area (Å²) in [6.07, 6.45) is 1.17. The van der Waals surface area contributed by atoms with Gasteiger partial charge in [0.05, 0.1) is 9.77 Å². The molecule has 0 atom stereocenters. The smallest absolute Gasteiger partial charge is 0.261 e. The second-order valence-electron chi connectivity index (χ2n) is 6.01.